The molecule has 0 saturated carbocycles. The fraction of sp³-hybridized carbons (Fsp3) is 0.579. The van der Waals surface area contributed by atoms with E-state index in [1.54, 1.807) is 7.11 Å². The molecule has 2 atom stereocenters. The number of aliphatic hydroxyl groups is 1. The van der Waals surface area contributed by atoms with Crippen LogP contribution in [0, 0.1) is 0 Å². The topological polar surface area (TPSA) is 84.7 Å². The van der Waals surface area contributed by atoms with Crippen molar-refractivity contribution in [2.75, 3.05) is 40.5 Å². The van der Waals surface area contributed by atoms with Crippen molar-refractivity contribution in [3.63, 3.8) is 0 Å². The van der Waals surface area contributed by atoms with Gasteiger partial charge in [-0.15, -0.1) is 5.10 Å². The minimum Gasteiger partial charge on any atom is -0.497 e. The Morgan fingerprint density at radius 1 is 1.37 bits per heavy atom. The Morgan fingerprint density at radius 2 is 2.15 bits per heavy atom. The number of nitrogens with one attached hydrogen (secondary N) is 1. The molecule has 148 valence electrons. The molecule has 0 bridgehead atoms. The van der Waals surface area contributed by atoms with E-state index >= 15 is 0 Å². The molecule has 1 saturated heterocycles. The zero-order chi connectivity index (χ0) is 19.3. The highest BCUT2D eigenvalue weighted by Crippen LogP contribution is 2.21. The van der Waals surface area contributed by atoms with Crippen molar-refractivity contribution >= 4 is 0 Å². The van der Waals surface area contributed by atoms with Crippen LogP contribution in [-0.2, 0) is 17.8 Å². The summed E-state index contributed by atoms with van der Waals surface area (Å²) in [4.78, 5) is 2.20. The molecular formula is C19H29N5O3. The van der Waals surface area contributed by atoms with Gasteiger partial charge in [-0.05, 0) is 31.7 Å². The summed E-state index contributed by atoms with van der Waals surface area (Å²) < 4.78 is 12.7. The number of aliphatic hydroxyl groups excluding tert-OH is 1. The summed E-state index contributed by atoms with van der Waals surface area (Å²) in [5.41, 5.74) is 1.59. The van der Waals surface area contributed by atoms with Gasteiger partial charge in [0.1, 0.15) is 5.75 Å². The molecule has 0 aliphatic carbocycles. The van der Waals surface area contributed by atoms with Gasteiger partial charge in [0.05, 0.1) is 50.9 Å². The molecule has 0 spiro atoms. The molecule has 1 fully saturated rings. The fourth-order valence-electron chi connectivity index (χ4n) is 3.33. The lowest BCUT2D eigenvalue weighted by molar-refractivity contribution is -0.106. The van der Waals surface area contributed by atoms with Crippen LogP contribution in [0.2, 0.25) is 0 Å². The minimum atomic E-state index is -0.406. The molecule has 1 aliphatic rings. The summed E-state index contributed by atoms with van der Waals surface area (Å²) in [6, 6.07) is 8.19. The Bertz CT molecular complexity index is 720. The third kappa shape index (κ3) is 4.65. The zero-order valence-corrected chi connectivity index (χ0v) is 16.3. The third-order valence-corrected chi connectivity index (χ3v) is 5.28. The van der Waals surface area contributed by atoms with E-state index in [1.807, 2.05) is 42.2 Å². The second-order valence-corrected chi connectivity index (χ2v) is 7.22. The van der Waals surface area contributed by atoms with E-state index in [0.717, 1.165) is 17.0 Å². The maximum absolute atomic E-state index is 9.93. The lowest BCUT2D eigenvalue weighted by Gasteiger charge is -2.47. The van der Waals surface area contributed by atoms with Gasteiger partial charge < -0.3 is 19.9 Å². The van der Waals surface area contributed by atoms with E-state index in [2.05, 4.69) is 27.5 Å². The first-order valence-electron chi connectivity index (χ1n) is 9.20. The van der Waals surface area contributed by atoms with Crippen LogP contribution in [0.25, 0.3) is 0 Å². The maximum Gasteiger partial charge on any atom is 0.118 e. The van der Waals surface area contributed by atoms with Crippen LogP contribution in [0.3, 0.4) is 0 Å². The van der Waals surface area contributed by atoms with Crippen molar-refractivity contribution in [2.45, 2.75) is 31.6 Å². The largest absolute Gasteiger partial charge is 0.497 e. The van der Waals surface area contributed by atoms with E-state index in [-0.39, 0.29) is 12.6 Å². The summed E-state index contributed by atoms with van der Waals surface area (Å²) in [6.07, 6.45) is 1.94. The molecule has 1 aliphatic heterocycles. The van der Waals surface area contributed by atoms with Crippen molar-refractivity contribution in [1.29, 1.82) is 0 Å². The lowest BCUT2D eigenvalue weighted by Crippen LogP contribution is -2.65. The van der Waals surface area contributed by atoms with Gasteiger partial charge in [0, 0.05) is 19.1 Å². The Kier molecular flexibility index (Phi) is 6.43. The Hall–Kier alpha value is -2.00. The van der Waals surface area contributed by atoms with E-state index in [4.69, 9.17) is 9.47 Å². The van der Waals surface area contributed by atoms with Crippen molar-refractivity contribution in [3.05, 3.63) is 41.7 Å². The smallest absolute Gasteiger partial charge is 0.118 e. The average molecular weight is 375 g/mol. The van der Waals surface area contributed by atoms with Gasteiger partial charge in [0.2, 0.25) is 0 Å². The average Bonchev–Trinajstić information content (AvgIpc) is 3.13. The van der Waals surface area contributed by atoms with Gasteiger partial charge >= 0.3 is 0 Å². The maximum atomic E-state index is 9.93. The van der Waals surface area contributed by atoms with E-state index in [9.17, 15) is 5.11 Å². The molecule has 0 unspecified atom stereocenters. The second kappa shape index (κ2) is 8.79. The van der Waals surface area contributed by atoms with E-state index in [0.29, 0.717) is 32.8 Å². The van der Waals surface area contributed by atoms with Crippen LogP contribution < -0.4 is 10.1 Å². The molecule has 2 heterocycles. The number of morpholine rings is 1. The molecular weight excluding hydrogens is 346 g/mol. The number of rotatable bonds is 8. The molecule has 0 amide bonds. The molecule has 8 nitrogen and oxygen atoms in total. The summed E-state index contributed by atoms with van der Waals surface area (Å²) in [7, 11) is 3.70. The van der Waals surface area contributed by atoms with Crippen LogP contribution >= 0.6 is 0 Å². The van der Waals surface area contributed by atoms with Gasteiger partial charge in [-0.2, -0.15) is 0 Å². The molecule has 3 rings (SSSR count). The molecule has 2 aromatic rings. The van der Waals surface area contributed by atoms with Crippen molar-refractivity contribution < 1.29 is 14.6 Å². The van der Waals surface area contributed by atoms with Crippen LogP contribution in [0.4, 0.5) is 0 Å². The minimum absolute atomic E-state index is 0.0466. The number of methoxy groups -OCH3 is 1. The number of aromatic nitrogens is 3. The summed E-state index contributed by atoms with van der Waals surface area (Å²) in [5, 5.41) is 21.7. The monoisotopic (exact) mass is 375 g/mol. The van der Waals surface area contributed by atoms with Gasteiger partial charge in [-0.25, -0.2) is 4.68 Å². The van der Waals surface area contributed by atoms with E-state index in [1.165, 1.54) is 0 Å². The Morgan fingerprint density at radius 3 is 2.85 bits per heavy atom. The van der Waals surface area contributed by atoms with E-state index < -0.39 is 5.54 Å². The standard InChI is InChI=1S/C19H29N5O3/c1-15-11-27-14-19(13-25,23(15)2)12-20-8-17-10-24(22-21-17)9-16-4-6-18(26-3)7-5-16/h4-7,10,15,20,25H,8-9,11-14H2,1-3H3/t15-,19+/m1/s1. The van der Waals surface area contributed by atoms with Gasteiger partial charge in [0.15, 0.2) is 0 Å². The quantitative estimate of drug-likeness (QED) is 0.695. The third-order valence-electron chi connectivity index (χ3n) is 5.28. The highest BCUT2D eigenvalue weighted by molar-refractivity contribution is 5.27. The van der Waals surface area contributed by atoms with Crippen molar-refractivity contribution in [2.24, 2.45) is 0 Å². The highest BCUT2D eigenvalue weighted by Gasteiger charge is 2.40. The van der Waals surface area contributed by atoms with Crippen LogP contribution in [-0.4, -0.2) is 77.1 Å². The van der Waals surface area contributed by atoms with Gasteiger partial charge in [0.25, 0.3) is 0 Å². The van der Waals surface area contributed by atoms with Crippen LogP contribution in [0.15, 0.2) is 30.5 Å². The molecule has 27 heavy (non-hydrogen) atoms. The Balaban J connectivity index is 1.53. The lowest BCUT2D eigenvalue weighted by atomic mass is 9.96. The van der Waals surface area contributed by atoms with Crippen molar-refractivity contribution in [1.82, 2.24) is 25.2 Å². The first-order valence-corrected chi connectivity index (χ1v) is 9.20. The number of hydrogen-bond donors (Lipinski definition) is 2. The van der Waals surface area contributed by atoms with Crippen molar-refractivity contribution in [3.8, 4) is 5.75 Å². The number of likely N-dealkylation sites (N-methyl/N-ethyl adjacent to an activating group) is 1. The summed E-state index contributed by atoms with van der Waals surface area (Å²) in [6.45, 7) is 5.23. The second-order valence-electron chi connectivity index (χ2n) is 7.22. The predicted molar refractivity (Wildman–Crippen MR) is 102 cm³/mol. The number of nitrogens with zero attached hydrogens (tertiary/aromatic N) is 4. The molecule has 0 radical (unpaired) electrons. The first kappa shape index (κ1) is 19.8. The van der Waals surface area contributed by atoms with Crippen LogP contribution in [0.5, 0.6) is 5.75 Å². The highest BCUT2D eigenvalue weighted by atomic mass is 16.5. The SMILES string of the molecule is COc1ccc(Cn2cc(CNC[C@]3(CO)COC[C@@H](C)N3C)nn2)cc1. The molecule has 1 aromatic carbocycles. The van der Waals surface area contributed by atoms with Gasteiger partial charge in [-0.3, -0.25) is 4.90 Å². The molecule has 8 heteroatoms. The van der Waals surface area contributed by atoms with Gasteiger partial charge in [-0.1, -0.05) is 17.3 Å². The fourth-order valence-corrected chi connectivity index (χ4v) is 3.33. The molecule has 2 N–H and O–H groups in total. The molecule has 1 aromatic heterocycles. The summed E-state index contributed by atoms with van der Waals surface area (Å²) in [5.74, 6) is 0.839. The normalized spacial score (nSPS) is 23.5. The predicted octanol–water partition coefficient (Wildman–Crippen LogP) is 0.506. The number of hydrogen-bond acceptors (Lipinski definition) is 7. The number of ether oxygens (including phenoxy) is 2. The zero-order valence-electron chi connectivity index (χ0n) is 16.3. The first-order chi connectivity index (χ1) is 13.1. The number of benzene rings is 1. The summed E-state index contributed by atoms with van der Waals surface area (Å²) >= 11 is 0. The Labute approximate surface area is 160 Å². The van der Waals surface area contributed by atoms with Crippen LogP contribution in [0.1, 0.15) is 18.2 Å².